The van der Waals surface area contributed by atoms with Crippen LogP contribution in [0.15, 0.2) is 24.3 Å². The Labute approximate surface area is 95.3 Å². The Bertz CT molecular complexity index is 398. The molecule has 1 aromatic carbocycles. The number of rotatable bonds is 1. The quantitative estimate of drug-likeness (QED) is 0.727. The van der Waals surface area contributed by atoms with E-state index in [-0.39, 0.29) is 0 Å². The molecule has 1 N–H and O–H groups in total. The van der Waals surface area contributed by atoms with E-state index in [1.54, 1.807) is 0 Å². The Kier molecular flexibility index (Phi) is 2.13. The molecule has 0 bridgehead atoms. The number of thiocarbonyl (C=S) groups is 1. The molecule has 15 heavy (non-hydrogen) atoms. The molecule has 1 aromatic rings. The molecule has 78 valence electrons. The third kappa shape index (κ3) is 1.72. The molecule has 1 saturated carbocycles. The summed E-state index contributed by atoms with van der Waals surface area (Å²) in [7, 11) is 0. The molecule has 3 rings (SSSR count). The number of benzene rings is 1. The van der Waals surface area contributed by atoms with Crippen LogP contribution in [-0.2, 0) is 6.42 Å². The van der Waals surface area contributed by atoms with E-state index in [1.807, 2.05) is 0 Å². The first-order valence-electron chi connectivity index (χ1n) is 5.50. The summed E-state index contributed by atoms with van der Waals surface area (Å²) in [4.78, 5) is 2.23. The van der Waals surface area contributed by atoms with Gasteiger partial charge in [0.2, 0.25) is 0 Å². The molecule has 0 amide bonds. The Morgan fingerprint density at radius 2 is 2.13 bits per heavy atom. The second-order valence-electron chi connectivity index (χ2n) is 4.25. The van der Waals surface area contributed by atoms with Gasteiger partial charge in [-0.2, -0.15) is 0 Å². The Morgan fingerprint density at radius 1 is 1.33 bits per heavy atom. The van der Waals surface area contributed by atoms with Gasteiger partial charge in [-0.25, -0.2) is 0 Å². The van der Waals surface area contributed by atoms with Crippen molar-refractivity contribution in [1.29, 1.82) is 0 Å². The molecule has 0 unspecified atom stereocenters. The average molecular weight is 218 g/mol. The van der Waals surface area contributed by atoms with Gasteiger partial charge in [-0.1, -0.05) is 18.2 Å². The number of nitrogens with one attached hydrogen (secondary N) is 1. The second kappa shape index (κ2) is 3.49. The van der Waals surface area contributed by atoms with Crippen molar-refractivity contribution in [3.63, 3.8) is 0 Å². The molecule has 1 fully saturated rings. The minimum atomic E-state index is 0.644. The van der Waals surface area contributed by atoms with Crippen molar-refractivity contribution in [2.45, 2.75) is 25.3 Å². The fourth-order valence-corrected chi connectivity index (χ4v) is 2.39. The van der Waals surface area contributed by atoms with Crippen LogP contribution < -0.4 is 10.2 Å². The fourth-order valence-electron chi connectivity index (χ4n) is 2.03. The van der Waals surface area contributed by atoms with E-state index in [1.165, 1.54) is 24.1 Å². The lowest BCUT2D eigenvalue weighted by atomic mass is 10.2. The van der Waals surface area contributed by atoms with E-state index in [4.69, 9.17) is 12.2 Å². The van der Waals surface area contributed by atoms with Crippen molar-refractivity contribution in [2.75, 3.05) is 11.4 Å². The van der Waals surface area contributed by atoms with Crippen LogP contribution in [0.3, 0.4) is 0 Å². The lowest BCUT2D eigenvalue weighted by Crippen LogP contribution is -2.39. The van der Waals surface area contributed by atoms with Gasteiger partial charge in [0.1, 0.15) is 0 Å². The van der Waals surface area contributed by atoms with Crippen LogP contribution in [0, 0.1) is 0 Å². The van der Waals surface area contributed by atoms with Gasteiger partial charge in [0.25, 0.3) is 0 Å². The van der Waals surface area contributed by atoms with Crippen LogP contribution in [0.2, 0.25) is 0 Å². The maximum atomic E-state index is 5.42. The normalized spacial score (nSPS) is 18.8. The molecule has 1 aliphatic carbocycles. The molecule has 1 heterocycles. The van der Waals surface area contributed by atoms with Crippen molar-refractivity contribution in [3.05, 3.63) is 29.8 Å². The van der Waals surface area contributed by atoms with Crippen LogP contribution in [0.4, 0.5) is 5.69 Å². The zero-order valence-electron chi connectivity index (χ0n) is 8.57. The fraction of sp³-hybridized carbons (Fsp3) is 0.417. The van der Waals surface area contributed by atoms with Gasteiger partial charge in [0.05, 0.1) is 0 Å². The van der Waals surface area contributed by atoms with Gasteiger partial charge in [-0.15, -0.1) is 0 Å². The van der Waals surface area contributed by atoms with E-state index in [9.17, 15) is 0 Å². The first-order valence-corrected chi connectivity index (χ1v) is 5.91. The standard InChI is InChI=1S/C12H14N2S/c15-12(13-10-5-6-10)14-8-7-9-3-1-2-4-11(9)14/h1-4,10H,5-8H2,(H,13,15). The zero-order chi connectivity index (χ0) is 10.3. The lowest BCUT2D eigenvalue weighted by molar-refractivity contribution is 0.884. The Hall–Kier alpha value is -1.09. The Morgan fingerprint density at radius 3 is 2.93 bits per heavy atom. The maximum absolute atomic E-state index is 5.42. The van der Waals surface area contributed by atoms with E-state index in [0.717, 1.165) is 18.1 Å². The third-order valence-electron chi connectivity index (χ3n) is 3.04. The van der Waals surface area contributed by atoms with Crippen LogP contribution in [-0.4, -0.2) is 17.7 Å². The predicted octanol–water partition coefficient (Wildman–Crippen LogP) is 2.09. The van der Waals surface area contributed by atoms with Gasteiger partial charge in [0.15, 0.2) is 5.11 Å². The maximum Gasteiger partial charge on any atom is 0.173 e. The van der Waals surface area contributed by atoms with E-state index in [0.29, 0.717) is 6.04 Å². The summed E-state index contributed by atoms with van der Waals surface area (Å²) in [6, 6.07) is 9.17. The van der Waals surface area contributed by atoms with Crippen molar-refractivity contribution >= 4 is 23.0 Å². The molecule has 1 aliphatic heterocycles. The van der Waals surface area contributed by atoms with E-state index in [2.05, 4.69) is 34.5 Å². The highest BCUT2D eigenvalue weighted by Crippen LogP contribution is 2.28. The molecule has 0 spiro atoms. The minimum Gasteiger partial charge on any atom is -0.360 e. The first-order chi connectivity index (χ1) is 7.34. The van der Waals surface area contributed by atoms with E-state index >= 15 is 0 Å². The molecule has 0 aromatic heterocycles. The summed E-state index contributed by atoms with van der Waals surface area (Å²) in [5, 5.41) is 4.30. The van der Waals surface area contributed by atoms with Crippen molar-refractivity contribution in [3.8, 4) is 0 Å². The number of para-hydroxylation sites is 1. The first kappa shape index (κ1) is 9.16. The summed E-state index contributed by atoms with van der Waals surface area (Å²) in [6.07, 6.45) is 3.66. The molecule has 0 radical (unpaired) electrons. The van der Waals surface area contributed by atoms with Gasteiger partial charge in [-0.05, 0) is 43.1 Å². The Balaban J connectivity index is 1.80. The van der Waals surface area contributed by atoms with Gasteiger partial charge >= 0.3 is 0 Å². The van der Waals surface area contributed by atoms with Crippen LogP contribution in [0.25, 0.3) is 0 Å². The highest BCUT2D eigenvalue weighted by Gasteiger charge is 2.27. The topological polar surface area (TPSA) is 15.3 Å². The summed E-state index contributed by atoms with van der Waals surface area (Å²) in [6.45, 7) is 1.03. The number of fused-ring (bicyclic) bond motifs is 1. The molecular weight excluding hydrogens is 204 g/mol. The van der Waals surface area contributed by atoms with Crippen LogP contribution in [0.5, 0.6) is 0 Å². The van der Waals surface area contributed by atoms with Crippen molar-refractivity contribution in [2.24, 2.45) is 0 Å². The summed E-state index contributed by atoms with van der Waals surface area (Å²) in [5.74, 6) is 0. The SMILES string of the molecule is S=C(NC1CC1)N1CCc2ccccc21. The minimum absolute atomic E-state index is 0.644. The summed E-state index contributed by atoms with van der Waals surface area (Å²) < 4.78 is 0. The van der Waals surface area contributed by atoms with Crippen LogP contribution in [0.1, 0.15) is 18.4 Å². The molecule has 2 nitrogen and oxygen atoms in total. The van der Waals surface area contributed by atoms with Crippen molar-refractivity contribution in [1.82, 2.24) is 5.32 Å². The number of anilines is 1. The van der Waals surface area contributed by atoms with Crippen LogP contribution >= 0.6 is 12.2 Å². The highest BCUT2D eigenvalue weighted by atomic mass is 32.1. The smallest absolute Gasteiger partial charge is 0.173 e. The van der Waals surface area contributed by atoms with Gasteiger partial charge < -0.3 is 10.2 Å². The zero-order valence-corrected chi connectivity index (χ0v) is 9.39. The number of nitrogens with zero attached hydrogens (tertiary/aromatic N) is 1. The molecule has 0 saturated heterocycles. The van der Waals surface area contributed by atoms with E-state index < -0.39 is 0 Å². The molecule has 0 atom stereocenters. The molecule has 2 aliphatic rings. The molecule has 3 heteroatoms. The third-order valence-corrected chi connectivity index (χ3v) is 3.38. The lowest BCUT2D eigenvalue weighted by Gasteiger charge is -2.21. The van der Waals surface area contributed by atoms with Gasteiger partial charge in [0, 0.05) is 18.3 Å². The van der Waals surface area contributed by atoms with Gasteiger partial charge in [-0.3, -0.25) is 0 Å². The summed E-state index contributed by atoms with van der Waals surface area (Å²) >= 11 is 5.42. The second-order valence-corrected chi connectivity index (χ2v) is 4.64. The monoisotopic (exact) mass is 218 g/mol. The van der Waals surface area contributed by atoms with Crippen molar-refractivity contribution < 1.29 is 0 Å². The highest BCUT2D eigenvalue weighted by molar-refractivity contribution is 7.80. The molecular formula is C12H14N2S. The summed E-state index contributed by atoms with van der Waals surface area (Å²) in [5.41, 5.74) is 2.70. The number of hydrogen-bond acceptors (Lipinski definition) is 1. The predicted molar refractivity (Wildman–Crippen MR) is 66.2 cm³/mol. The largest absolute Gasteiger partial charge is 0.360 e. The number of hydrogen-bond donors (Lipinski definition) is 1. The average Bonchev–Trinajstić information content (AvgIpc) is 2.96.